The molecule has 0 atom stereocenters. The molecule has 0 heterocycles. The van der Waals surface area contributed by atoms with Crippen molar-refractivity contribution < 1.29 is 9.59 Å². The molecule has 0 aromatic heterocycles. The third kappa shape index (κ3) is 5.64. The number of anilines is 2. The molecule has 7 heteroatoms. The zero-order valence-corrected chi connectivity index (χ0v) is 17.1. The largest absolute Gasteiger partial charge is 0.332 e. The SMILES string of the molecule is CC(C)(C)C(=O)Nc1cccc(NC(=S)NC(=O)c2ccccc2Br)c1. The minimum Gasteiger partial charge on any atom is -0.332 e. The monoisotopic (exact) mass is 433 g/mol. The second kappa shape index (κ2) is 8.42. The Kier molecular flexibility index (Phi) is 6.50. The van der Waals surface area contributed by atoms with Gasteiger partial charge in [0.05, 0.1) is 5.56 Å². The highest BCUT2D eigenvalue weighted by Crippen LogP contribution is 2.20. The van der Waals surface area contributed by atoms with Crippen molar-refractivity contribution in [2.75, 3.05) is 10.6 Å². The normalized spacial score (nSPS) is 10.8. The van der Waals surface area contributed by atoms with Crippen molar-refractivity contribution in [2.24, 2.45) is 5.41 Å². The molecule has 0 unspecified atom stereocenters. The van der Waals surface area contributed by atoms with Gasteiger partial charge in [0, 0.05) is 21.3 Å². The molecular formula is C19H20BrN3O2S. The van der Waals surface area contributed by atoms with Crippen LogP contribution in [-0.2, 0) is 4.79 Å². The molecule has 0 saturated heterocycles. The number of amides is 2. The Morgan fingerprint density at radius 3 is 2.19 bits per heavy atom. The van der Waals surface area contributed by atoms with Crippen LogP contribution in [0.2, 0.25) is 0 Å². The third-order valence-electron chi connectivity index (χ3n) is 3.41. The van der Waals surface area contributed by atoms with Crippen molar-refractivity contribution in [1.82, 2.24) is 5.32 Å². The summed E-state index contributed by atoms with van der Waals surface area (Å²) < 4.78 is 0.687. The van der Waals surface area contributed by atoms with Crippen LogP contribution in [0.25, 0.3) is 0 Å². The Morgan fingerprint density at radius 1 is 0.962 bits per heavy atom. The van der Waals surface area contributed by atoms with Gasteiger partial charge in [-0.15, -0.1) is 0 Å². The van der Waals surface area contributed by atoms with Gasteiger partial charge in [-0.05, 0) is 58.5 Å². The lowest BCUT2D eigenvalue weighted by Gasteiger charge is -2.18. The molecule has 2 aromatic rings. The van der Waals surface area contributed by atoms with Gasteiger partial charge in [-0.3, -0.25) is 14.9 Å². The molecule has 0 aliphatic rings. The van der Waals surface area contributed by atoms with E-state index >= 15 is 0 Å². The first-order chi connectivity index (χ1) is 12.2. The number of hydrogen-bond donors (Lipinski definition) is 3. The van der Waals surface area contributed by atoms with Gasteiger partial charge < -0.3 is 10.6 Å². The number of nitrogens with one attached hydrogen (secondary N) is 3. The minimum absolute atomic E-state index is 0.0838. The van der Waals surface area contributed by atoms with Crippen LogP contribution in [-0.4, -0.2) is 16.9 Å². The summed E-state index contributed by atoms with van der Waals surface area (Å²) in [7, 11) is 0. The maximum absolute atomic E-state index is 12.3. The molecule has 0 aliphatic heterocycles. The lowest BCUT2D eigenvalue weighted by atomic mass is 9.95. The molecule has 0 spiro atoms. The van der Waals surface area contributed by atoms with Gasteiger partial charge in [0.2, 0.25) is 5.91 Å². The van der Waals surface area contributed by atoms with E-state index in [1.807, 2.05) is 26.8 Å². The van der Waals surface area contributed by atoms with E-state index in [4.69, 9.17) is 12.2 Å². The molecule has 0 radical (unpaired) electrons. The summed E-state index contributed by atoms with van der Waals surface area (Å²) in [4.78, 5) is 24.3. The zero-order chi connectivity index (χ0) is 19.3. The van der Waals surface area contributed by atoms with Gasteiger partial charge in [-0.2, -0.15) is 0 Å². The van der Waals surface area contributed by atoms with E-state index in [9.17, 15) is 9.59 Å². The number of halogens is 1. The van der Waals surface area contributed by atoms with Crippen molar-refractivity contribution in [3.05, 3.63) is 58.6 Å². The first kappa shape index (κ1) is 20.1. The van der Waals surface area contributed by atoms with E-state index in [0.29, 0.717) is 21.4 Å². The Bertz CT molecular complexity index is 847. The van der Waals surface area contributed by atoms with Crippen molar-refractivity contribution in [1.29, 1.82) is 0 Å². The van der Waals surface area contributed by atoms with Crippen LogP contribution in [0, 0.1) is 5.41 Å². The quantitative estimate of drug-likeness (QED) is 0.620. The fourth-order valence-corrected chi connectivity index (χ4v) is 2.65. The summed E-state index contributed by atoms with van der Waals surface area (Å²) in [6.07, 6.45) is 0. The van der Waals surface area contributed by atoms with Crippen LogP contribution in [0.15, 0.2) is 53.0 Å². The average Bonchev–Trinajstić information content (AvgIpc) is 2.54. The summed E-state index contributed by atoms with van der Waals surface area (Å²) in [5, 5.41) is 8.61. The number of benzene rings is 2. The molecule has 2 aromatic carbocycles. The van der Waals surface area contributed by atoms with Gasteiger partial charge in [0.1, 0.15) is 0 Å². The summed E-state index contributed by atoms with van der Waals surface area (Å²) >= 11 is 8.54. The average molecular weight is 434 g/mol. The molecule has 0 bridgehead atoms. The lowest BCUT2D eigenvalue weighted by Crippen LogP contribution is -2.34. The second-order valence-electron chi connectivity index (χ2n) is 6.67. The minimum atomic E-state index is -0.490. The number of rotatable bonds is 3. The molecule has 136 valence electrons. The van der Waals surface area contributed by atoms with Crippen LogP contribution in [0.4, 0.5) is 11.4 Å². The maximum atomic E-state index is 12.3. The predicted molar refractivity (Wildman–Crippen MR) is 112 cm³/mol. The Hall–Kier alpha value is -2.25. The Morgan fingerprint density at radius 2 is 1.58 bits per heavy atom. The van der Waals surface area contributed by atoms with E-state index in [1.54, 1.807) is 42.5 Å². The molecule has 26 heavy (non-hydrogen) atoms. The Balaban J connectivity index is 2.01. The van der Waals surface area contributed by atoms with Crippen molar-refractivity contribution in [2.45, 2.75) is 20.8 Å². The van der Waals surface area contributed by atoms with E-state index in [2.05, 4.69) is 31.9 Å². The molecule has 5 nitrogen and oxygen atoms in total. The smallest absolute Gasteiger partial charge is 0.258 e. The number of carbonyl (C=O) groups excluding carboxylic acids is 2. The van der Waals surface area contributed by atoms with Gasteiger partial charge in [0.25, 0.3) is 5.91 Å². The van der Waals surface area contributed by atoms with Gasteiger partial charge in [-0.25, -0.2) is 0 Å². The number of hydrogen-bond acceptors (Lipinski definition) is 3. The van der Waals surface area contributed by atoms with Gasteiger partial charge >= 0.3 is 0 Å². The van der Waals surface area contributed by atoms with Gasteiger partial charge in [-0.1, -0.05) is 39.0 Å². The van der Waals surface area contributed by atoms with E-state index in [-0.39, 0.29) is 16.9 Å². The van der Waals surface area contributed by atoms with Crippen LogP contribution in [0.3, 0.4) is 0 Å². The van der Waals surface area contributed by atoms with E-state index < -0.39 is 5.41 Å². The molecular weight excluding hydrogens is 414 g/mol. The zero-order valence-electron chi connectivity index (χ0n) is 14.7. The fraction of sp³-hybridized carbons (Fsp3) is 0.211. The summed E-state index contributed by atoms with van der Waals surface area (Å²) in [5.41, 5.74) is 1.31. The van der Waals surface area contributed by atoms with E-state index in [1.165, 1.54) is 0 Å². The number of carbonyl (C=O) groups is 2. The highest BCUT2D eigenvalue weighted by Gasteiger charge is 2.21. The number of thiocarbonyl (C=S) groups is 1. The molecule has 2 rings (SSSR count). The third-order valence-corrected chi connectivity index (χ3v) is 4.30. The van der Waals surface area contributed by atoms with Gasteiger partial charge in [0.15, 0.2) is 5.11 Å². The van der Waals surface area contributed by atoms with Crippen molar-refractivity contribution >= 4 is 56.4 Å². The van der Waals surface area contributed by atoms with Crippen molar-refractivity contribution in [3.63, 3.8) is 0 Å². The molecule has 3 N–H and O–H groups in total. The summed E-state index contributed by atoms with van der Waals surface area (Å²) in [5.74, 6) is -0.397. The molecule has 2 amide bonds. The fourth-order valence-electron chi connectivity index (χ4n) is 1.97. The standard InChI is InChI=1S/C19H20BrN3O2S/c1-19(2,3)17(25)21-12-7-6-8-13(11-12)22-18(26)23-16(24)14-9-4-5-10-15(14)20/h4-11H,1-3H3,(H,21,25)(H2,22,23,24,26). The summed E-state index contributed by atoms with van der Waals surface area (Å²) in [6.45, 7) is 5.53. The highest BCUT2D eigenvalue weighted by molar-refractivity contribution is 9.10. The van der Waals surface area contributed by atoms with Crippen LogP contribution in [0.1, 0.15) is 31.1 Å². The second-order valence-corrected chi connectivity index (χ2v) is 7.94. The van der Waals surface area contributed by atoms with Crippen LogP contribution in [0.5, 0.6) is 0 Å². The first-order valence-corrected chi connectivity index (χ1v) is 9.15. The van der Waals surface area contributed by atoms with E-state index in [0.717, 1.165) is 0 Å². The Labute approximate surface area is 166 Å². The predicted octanol–water partition coefficient (Wildman–Crippen LogP) is 4.56. The van der Waals surface area contributed by atoms with Crippen molar-refractivity contribution in [3.8, 4) is 0 Å². The lowest BCUT2D eigenvalue weighted by molar-refractivity contribution is -0.123. The molecule has 0 aliphatic carbocycles. The molecule has 0 saturated carbocycles. The molecule has 0 fully saturated rings. The maximum Gasteiger partial charge on any atom is 0.258 e. The highest BCUT2D eigenvalue weighted by atomic mass is 79.9. The van der Waals surface area contributed by atoms with Crippen LogP contribution >= 0.6 is 28.1 Å². The summed E-state index contributed by atoms with van der Waals surface area (Å²) in [6, 6.07) is 14.2. The van der Waals surface area contributed by atoms with Crippen LogP contribution < -0.4 is 16.0 Å². The topological polar surface area (TPSA) is 70.2 Å². The first-order valence-electron chi connectivity index (χ1n) is 7.95.